The first-order chi connectivity index (χ1) is 11.2. The Bertz CT molecular complexity index is 668. The normalized spacial score (nSPS) is 17.0. The third kappa shape index (κ3) is 4.16. The number of hydrogen-bond donors (Lipinski definition) is 1. The SMILES string of the molecule is O=C(NCCn1cccc1)c1ccc(S[C@H]2CCOC2=O)cc1. The number of aromatic nitrogens is 1. The predicted octanol–water partition coefficient (Wildman–Crippen LogP) is 2.33. The van der Waals surface area contributed by atoms with Crippen molar-refractivity contribution in [1.29, 1.82) is 0 Å². The lowest BCUT2D eigenvalue weighted by molar-refractivity contribution is -0.137. The summed E-state index contributed by atoms with van der Waals surface area (Å²) < 4.78 is 6.96. The van der Waals surface area contributed by atoms with E-state index >= 15 is 0 Å². The summed E-state index contributed by atoms with van der Waals surface area (Å²) in [5, 5.41) is 2.77. The average molecular weight is 330 g/mol. The fraction of sp³-hybridized carbons (Fsp3) is 0.294. The van der Waals surface area contributed by atoms with Crippen molar-refractivity contribution in [3.63, 3.8) is 0 Å². The molecule has 5 nitrogen and oxygen atoms in total. The molecule has 23 heavy (non-hydrogen) atoms. The Morgan fingerprint density at radius 2 is 2.00 bits per heavy atom. The van der Waals surface area contributed by atoms with Crippen LogP contribution >= 0.6 is 11.8 Å². The molecular formula is C17H18N2O3S. The molecule has 6 heteroatoms. The van der Waals surface area contributed by atoms with Crippen LogP contribution in [0.2, 0.25) is 0 Å². The zero-order valence-electron chi connectivity index (χ0n) is 12.6. The number of amides is 1. The molecule has 0 saturated carbocycles. The lowest BCUT2D eigenvalue weighted by Gasteiger charge is -2.08. The molecule has 3 rings (SSSR count). The maximum absolute atomic E-state index is 12.1. The van der Waals surface area contributed by atoms with Crippen molar-refractivity contribution >= 4 is 23.6 Å². The summed E-state index contributed by atoms with van der Waals surface area (Å²) in [4.78, 5) is 24.5. The average Bonchev–Trinajstić information content (AvgIpc) is 3.21. The minimum Gasteiger partial charge on any atom is -0.465 e. The van der Waals surface area contributed by atoms with Gasteiger partial charge in [-0.25, -0.2) is 0 Å². The largest absolute Gasteiger partial charge is 0.465 e. The number of esters is 1. The highest BCUT2D eigenvalue weighted by atomic mass is 32.2. The van der Waals surface area contributed by atoms with Crippen molar-refractivity contribution in [3.05, 3.63) is 54.4 Å². The Balaban J connectivity index is 1.49. The maximum Gasteiger partial charge on any atom is 0.319 e. The van der Waals surface area contributed by atoms with E-state index in [0.29, 0.717) is 18.7 Å². The lowest BCUT2D eigenvalue weighted by Crippen LogP contribution is -2.26. The topological polar surface area (TPSA) is 60.3 Å². The van der Waals surface area contributed by atoms with Crippen LogP contribution in [0.1, 0.15) is 16.8 Å². The first kappa shape index (κ1) is 15.7. The number of benzene rings is 1. The summed E-state index contributed by atoms with van der Waals surface area (Å²) in [5.74, 6) is -0.240. The number of hydrogen-bond acceptors (Lipinski definition) is 4. The fourth-order valence-electron chi connectivity index (χ4n) is 2.35. The third-order valence-corrected chi connectivity index (χ3v) is 4.86. The highest BCUT2D eigenvalue weighted by molar-refractivity contribution is 8.00. The van der Waals surface area contributed by atoms with Crippen molar-refractivity contribution in [1.82, 2.24) is 9.88 Å². The van der Waals surface area contributed by atoms with Gasteiger partial charge in [0.05, 0.1) is 6.61 Å². The van der Waals surface area contributed by atoms with Crippen LogP contribution in [-0.2, 0) is 16.1 Å². The molecule has 0 radical (unpaired) electrons. The molecule has 0 aliphatic carbocycles. The monoisotopic (exact) mass is 330 g/mol. The number of thioether (sulfide) groups is 1. The van der Waals surface area contributed by atoms with Crippen LogP contribution in [-0.4, -0.2) is 34.8 Å². The van der Waals surface area contributed by atoms with Crippen LogP contribution in [0.3, 0.4) is 0 Å². The molecule has 1 aromatic heterocycles. The number of carbonyl (C=O) groups excluding carboxylic acids is 2. The van der Waals surface area contributed by atoms with E-state index in [1.807, 2.05) is 41.2 Å². The second-order valence-corrected chi connectivity index (χ2v) is 6.54. The molecular weight excluding hydrogens is 312 g/mol. The number of rotatable bonds is 6. The van der Waals surface area contributed by atoms with Gasteiger partial charge < -0.3 is 14.6 Å². The predicted molar refractivity (Wildman–Crippen MR) is 88.4 cm³/mol. The highest BCUT2D eigenvalue weighted by Crippen LogP contribution is 2.29. The first-order valence-corrected chi connectivity index (χ1v) is 8.42. The number of nitrogens with one attached hydrogen (secondary N) is 1. The summed E-state index contributed by atoms with van der Waals surface area (Å²) in [6, 6.07) is 11.2. The van der Waals surface area contributed by atoms with Gasteiger partial charge in [0.2, 0.25) is 0 Å². The van der Waals surface area contributed by atoms with Crippen LogP contribution in [0.15, 0.2) is 53.7 Å². The van der Waals surface area contributed by atoms with E-state index in [0.717, 1.165) is 17.9 Å². The van der Waals surface area contributed by atoms with Gasteiger partial charge in [0.15, 0.2) is 0 Å². The van der Waals surface area contributed by atoms with E-state index in [-0.39, 0.29) is 17.1 Å². The smallest absolute Gasteiger partial charge is 0.319 e. The molecule has 0 unspecified atom stereocenters. The molecule has 1 saturated heterocycles. The minimum atomic E-state index is -0.151. The molecule has 2 aromatic rings. The Morgan fingerprint density at radius 1 is 1.26 bits per heavy atom. The van der Waals surface area contributed by atoms with Gasteiger partial charge in [0, 0.05) is 42.4 Å². The molecule has 1 aromatic carbocycles. The van der Waals surface area contributed by atoms with Gasteiger partial charge in [-0.05, 0) is 36.4 Å². The van der Waals surface area contributed by atoms with E-state index in [1.165, 1.54) is 11.8 Å². The van der Waals surface area contributed by atoms with E-state index in [1.54, 1.807) is 12.1 Å². The van der Waals surface area contributed by atoms with E-state index in [4.69, 9.17) is 4.74 Å². The zero-order valence-corrected chi connectivity index (χ0v) is 13.4. The number of carbonyl (C=O) groups is 2. The Labute approximate surface area is 139 Å². The molecule has 2 heterocycles. The maximum atomic E-state index is 12.1. The number of nitrogens with zero attached hydrogens (tertiary/aromatic N) is 1. The van der Waals surface area contributed by atoms with Crippen LogP contribution in [0.5, 0.6) is 0 Å². The summed E-state index contributed by atoms with van der Waals surface area (Å²) in [7, 11) is 0. The molecule has 0 bridgehead atoms. The molecule has 1 fully saturated rings. The zero-order chi connectivity index (χ0) is 16.1. The molecule has 1 N–H and O–H groups in total. The molecule has 1 aliphatic heterocycles. The molecule has 1 atom stereocenters. The van der Waals surface area contributed by atoms with Crippen molar-refractivity contribution in [2.75, 3.05) is 13.2 Å². The second kappa shape index (κ2) is 7.37. The Hall–Kier alpha value is -2.21. The van der Waals surface area contributed by atoms with Crippen LogP contribution in [0.4, 0.5) is 0 Å². The molecule has 120 valence electrons. The Morgan fingerprint density at radius 3 is 2.65 bits per heavy atom. The van der Waals surface area contributed by atoms with Crippen molar-refractivity contribution in [3.8, 4) is 0 Å². The first-order valence-electron chi connectivity index (χ1n) is 7.55. The van der Waals surface area contributed by atoms with Gasteiger partial charge in [-0.15, -0.1) is 11.8 Å². The highest BCUT2D eigenvalue weighted by Gasteiger charge is 2.27. The number of ether oxygens (including phenoxy) is 1. The van der Waals surface area contributed by atoms with E-state index in [9.17, 15) is 9.59 Å². The molecule has 1 amide bonds. The van der Waals surface area contributed by atoms with Crippen LogP contribution in [0, 0.1) is 0 Å². The number of cyclic esters (lactones) is 1. The van der Waals surface area contributed by atoms with Gasteiger partial charge in [-0.2, -0.15) is 0 Å². The molecule has 0 spiro atoms. The third-order valence-electron chi connectivity index (χ3n) is 3.60. The second-order valence-electron chi connectivity index (χ2n) is 5.26. The summed E-state index contributed by atoms with van der Waals surface area (Å²) in [5.41, 5.74) is 0.621. The minimum absolute atomic E-state index is 0.0889. The Kier molecular flexibility index (Phi) is 5.02. The van der Waals surface area contributed by atoms with Gasteiger partial charge in [0.1, 0.15) is 5.25 Å². The molecule has 1 aliphatic rings. The fourth-order valence-corrected chi connectivity index (χ4v) is 3.35. The quantitative estimate of drug-likeness (QED) is 0.826. The van der Waals surface area contributed by atoms with Crippen molar-refractivity contribution in [2.24, 2.45) is 0 Å². The van der Waals surface area contributed by atoms with Gasteiger partial charge in [-0.1, -0.05) is 0 Å². The lowest BCUT2D eigenvalue weighted by atomic mass is 10.2. The van der Waals surface area contributed by atoms with Crippen LogP contribution < -0.4 is 5.32 Å². The van der Waals surface area contributed by atoms with Crippen LogP contribution in [0.25, 0.3) is 0 Å². The van der Waals surface area contributed by atoms with Crippen molar-refractivity contribution in [2.45, 2.75) is 23.1 Å². The standard InChI is InChI=1S/C17H18N2O3S/c20-16(18-8-11-19-9-1-2-10-19)13-3-5-14(6-4-13)23-15-7-12-22-17(15)21/h1-6,9-10,15H,7-8,11-12H2,(H,18,20)/t15-/m0/s1. The summed E-state index contributed by atoms with van der Waals surface area (Å²) in [6.07, 6.45) is 4.67. The van der Waals surface area contributed by atoms with Gasteiger partial charge in [-0.3, -0.25) is 9.59 Å². The van der Waals surface area contributed by atoms with Gasteiger partial charge in [0.25, 0.3) is 5.91 Å². The van der Waals surface area contributed by atoms with Gasteiger partial charge >= 0.3 is 5.97 Å². The summed E-state index contributed by atoms with van der Waals surface area (Å²) in [6.45, 7) is 1.83. The van der Waals surface area contributed by atoms with E-state index in [2.05, 4.69) is 5.32 Å². The van der Waals surface area contributed by atoms with Crippen molar-refractivity contribution < 1.29 is 14.3 Å². The van der Waals surface area contributed by atoms with E-state index < -0.39 is 0 Å². The summed E-state index contributed by atoms with van der Waals surface area (Å²) >= 11 is 1.49.